The highest BCUT2D eigenvalue weighted by molar-refractivity contribution is 6.15. The van der Waals surface area contributed by atoms with Crippen molar-refractivity contribution in [3.63, 3.8) is 0 Å². The van der Waals surface area contributed by atoms with Gasteiger partial charge in [0.15, 0.2) is 11.9 Å². The van der Waals surface area contributed by atoms with Gasteiger partial charge in [-0.05, 0) is 25.3 Å². The lowest BCUT2D eigenvalue weighted by molar-refractivity contribution is -0.159. The predicted molar refractivity (Wildman–Crippen MR) is 105 cm³/mol. The second-order valence-electron chi connectivity index (χ2n) is 6.93. The molecular formula is C22H25NO5. The number of rotatable bonds is 8. The summed E-state index contributed by atoms with van der Waals surface area (Å²) >= 11 is 0. The fourth-order valence-electron chi connectivity index (χ4n) is 2.67. The summed E-state index contributed by atoms with van der Waals surface area (Å²) in [6.07, 6.45) is -0.536. The molecule has 6 nitrogen and oxygen atoms in total. The molecule has 0 aromatic heterocycles. The van der Waals surface area contributed by atoms with E-state index in [1.807, 2.05) is 32.9 Å². The van der Waals surface area contributed by atoms with Crippen molar-refractivity contribution in [2.24, 2.45) is 5.92 Å². The maximum atomic E-state index is 12.8. The number of aryl methyl sites for hydroxylation is 1. The van der Waals surface area contributed by atoms with Crippen LogP contribution in [0.15, 0.2) is 48.5 Å². The van der Waals surface area contributed by atoms with Gasteiger partial charge in [0.05, 0.1) is 12.7 Å². The fraction of sp³-hybridized carbons (Fsp3) is 0.318. The summed E-state index contributed by atoms with van der Waals surface area (Å²) in [6.45, 7) is 5.79. The van der Waals surface area contributed by atoms with Gasteiger partial charge in [0.25, 0.3) is 5.91 Å². The summed E-state index contributed by atoms with van der Waals surface area (Å²) in [7, 11) is 1.26. The Morgan fingerprint density at radius 1 is 0.964 bits per heavy atom. The van der Waals surface area contributed by atoms with E-state index in [2.05, 4.69) is 5.48 Å². The highest BCUT2D eigenvalue weighted by Crippen LogP contribution is 2.16. The lowest BCUT2D eigenvalue weighted by Crippen LogP contribution is -2.36. The zero-order chi connectivity index (χ0) is 20.7. The number of esters is 1. The molecule has 0 saturated heterocycles. The zero-order valence-corrected chi connectivity index (χ0v) is 16.5. The highest BCUT2D eigenvalue weighted by Gasteiger charge is 2.24. The third kappa shape index (κ3) is 5.50. The Hall–Kier alpha value is -2.99. The number of carbonyl (C=O) groups is 3. The molecule has 1 N–H and O–H groups in total. The molecule has 2 aromatic carbocycles. The summed E-state index contributed by atoms with van der Waals surface area (Å²) in [5.41, 5.74) is 4.23. The average Bonchev–Trinajstić information content (AvgIpc) is 2.70. The third-order valence-electron chi connectivity index (χ3n) is 4.17. The van der Waals surface area contributed by atoms with Gasteiger partial charge < -0.3 is 4.74 Å². The Kier molecular flexibility index (Phi) is 7.46. The fourth-order valence-corrected chi connectivity index (χ4v) is 2.67. The molecule has 2 aromatic rings. The molecule has 28 heavy (non-hydrogen) atoms. The topological polar surface area (TPSA) is 81.7 Å². The van der Waals surface area contributed by atoms with Crippen molar-refractivity contribution in [2.45, 2.75) is 33.3 Å². The molecular weight excluding hydrogens is 358 g/mol. The minimum Gasteiger partial charge on any atom is -0.467 e. The number of hydroxylamine groups is 1. The van der Waals surface area contributed by atoms with Crippen LogP contribution in [0.3, 0.4) is 0 Å². The van der Waals surface area contributed by atoms with Crippen molar-refractivity contribution >= 4 is 17.7 Å². The summed E-state index contributed by atoms with van der Waals surface area (Å²) in [5, 5.41) is 0. The molecule has 6 heteroatoms. The minimum atomic E-state index is -0.922. The van der Waals surface area contributed by atoms with E-state index >= 15 is 0 Å². The van der Waals surface area contributed by atoms with E-state index in [1.165, 1.54) is 13.2 Å². The number of methoxy groups -OCH3 is 1. The van der Waals surface area contributed by atoms with E-state index in [9.17, 15) is 14.4 Å². The first-order valence-corrected chi connectivity index (χ1v) is 9.07. The van der Waals surface area contributed by atoms with Crippen LogP contribution in [0.4, 0.5) is 0 Å². The molecule has 148 valence electrons. The Morgan fingerprint density at radius 2 is 1.57 bits per heavy atom. The summed E-state index contributed by atoms with van der Waals surface area (Å²) in [5.74, 6) is -1.28. The number of amides is 1. The second-order valence-corrected chi connectivity index (χ2v) is 6.93. The van der Waals surface area contributed by atoms with Gasteiger partial charge in [-0.1, -0.05) is 61.9 Å². The third-order valence-corrected chi connectivity index (χ3v) is 4.17. The molecule has 1 unspecified atom stereocenters. The van der Waals surface area contributed by atoms with Gasteiger partial charge in [0.1, 0.15) is 0 Å². The van der Waals surface area contributed by atoms with E-state index in [4.69, 9.17) is 9.57 Å². The van der Waals surface area contributed by atoms with E-state index in [0.29, 0.717) is 12.0 Å². The van der Waals surface area contributed by atoms with Crippen LogP contribution in [0.25, 0.3) is 0 Å². The SMILES string of the molecule is COC(=O)C(CC(C)C)ONC(=O)c1ccccc1C(=O)c1ccc(C)cc1. The van der Waals surface area contributed by atoms with Crippen LogP contribution >= 0.6 is 0 Å². The van der Waals surface area contributed by atoms with Crippen molar-refractivity contribution in [1.82, 2.24) is 5.48 Å². The Bertz CT molecular complexity index is 842. The Labute approximate surface area is 164 Å². The molecule has 0 heterocycles. The molecule has 0 aliphatic carbocycles. The summed E-state index contributed by atoms with van der Waals surface area (Å²) in [4.78, 5) is 42.6. The summed E-state index contributed by atoms with van der Waals surface area (Å²) in [6, 6.07) is 13.6. The number of hydrogen-bond acceptors (Lipinski definition) is 5. The lowest BCUT2D eigenvalue weighted by Gasteiger charge is -2.17. The molecule has 1 atom stereocenters. The summed E-state index contributed by atoms with van der Waals surface area (Å²) < 4.78 is 4.71. The molecule has 0 spiro atoms. The van der Waals surface area contributed by atoms with Gasteiger partial charge in [0.2, 0.25) is 0 Å². The van der Waals surface area contributed by atoms with E-state index in [-0.39, 0.29) is 22.8 Å². The average molecular weight is 383 g/mol. The van der Waals surface area contributed by atoms with Crippen LogP contribution < -0.4 is 5.48 Å². The Morgan fingerprint density at radius 3 is 2.14 bits per heavy atom. The van der Waals surface area contributed by atoms with Crippen molar-refractivity contribution in [2.75, 3.05) is 7.11 Å². The normalized spacial score (nSPS) is 11.8. The first-order valence-electron chi connectivity index (χ1n) is 9.07. The monoisotopic (exact) mass is 383 g/mol. The first kappa shape index (κ1) is 21.3. The minimum absolute atomic E-state index is 0.163. The number of hydrogen-bond donors (Lipinski definition) is 1. The van der Waals surface area contributed by atoms with E-state index in [1.54, 1.807) is 30.3 Å². The molecule has 0 radical (unpaired) electrons. The molecule has 2 rings (SSSR count). The van der Waals surface area contributed by atoms with E-state index < -0.39 is 18.0 Å². The van der Waals surface area contributed by atoms with Crippen LogP contribution in [-0.2, 0) is 14.4 Å². The van der Waals surface area contributed by atoms with Crippen molar-refractivity contribution in [1.29, 1.82) is 0 Å². The quantitative estimate of drug-likeness (QED) is 0.429. The van der Waals surface area contributed by atoms with Crippen LogP contribution in [-0.4, -0.2) is 30.9 Å². The van der Waals surface area contributed by atoms with E-state index in [0.717, 1.165) is 5.56 Å². The molecule has 0 aliphatic rings. The van der Waals surface area contributed by atoms with Gasteiger partial charge in [-0.2, -0.15) is 0 Å². The van der Waals surface area contributed by atoms with Gasteiger partial charge in [-0.25, -0.2) is 10.3 Å². The molecule has 0 fully saturated rings. The predicted octanol–water partition coefficient (Wildman–Crippen LogP) is 3.48. The van der Waals surface area contributed by atoms with Gasteiger partial charge in [-0.15, -0.1) is 0 Å². The maximum Gasteiger partial charge on any atom is 0.337 e. The largest absolute Gasteiger partial charge is 0.467 e. The number of carbonyl (C=O) groups excluding carboxylic acids is 3. The van der Waals surface area contributed by atoms with Crippen LogP contribution in [0.1, 0.15) is 52.1 Å². The number of benzene rings is 2. The highest BCUT2D eigenvalue weighted by atomic mass is 16.7. The van der Waals surface area contributed by atoms with Gasteiger partial charge >= 0.3 is 5.97 Å². The number of ether oxygens (including phenoxy) is 1. The second kappa shape index (κ2) is 9.80. The molecule has 0 saturated carbocycles. The van der Waals surface area contributed by atoms with Crippen LogP contribution in [0.2, 0.25) is 0 Å². The lowest BCUT2D eigenvalue weighted by atomic mass is 9.97. The van der Waals surface area contributed by atoms with Crippen LogP contribution in [0.5, 0.6) is 0 Å². The molecule has 1 amide bonds. The first-order chi connectivity index (χ1) is 13.3. The Balaban J connectivity index is 2.18. The maximum absolute atomic E-state index is 12.8. The van der Waals surface area contributed by atoms with Crippen molar-refractivity contribution in [3.05, 3.63) is 70.8 Å². The number of ketones is 1. The van der Waals surface area contributed by atoms with Crippen molar-refractivity contribution in [3.8, 4) is 0 Å². The van der Waals surface area contributed by atoms with Crippen molar-refractivity contribution < 1.29 is 24.0 Å². The zero-order valence-electron chi connectivity index (χ0n) is 16.5. The van der Waals surface area contributed by atoms with Gasteiger partial charge in [0, 0.05) is 11.1 Å². The number of nitrogens with one attached hydrogen (secondary N) is 1. The van der Waals surface area contributed by atoms with Gasteiger partial charge in [-0.3, -0.25) is 14.4 Å². The molecule has 0 bridgehead atoms. The smallest absolute Gasteiger partial charge is 0.337 e. The molecule has 0 aliphatic heterocycles. The standard InChI is InChI=1S/C22H25NO5/c1-14(2)13-19(22(26)27-4)28-23-21(25)18-8-6-5-7-17(18)20(24)16-11-9-15(3)10-12-16/h5-12,14,19H,13H2,1-4H3,(H,23,25). The van der Waals surface area contributed by atoms with Crippen LogP contribution in [0, 0.1) is 12.8 Å².